The number of pyridine rings is 1. The number of benzene rings is 1. The van der Waals surface area contributed by atoms with Gasteiger partial charge in [-0.1, -0.05) is 6.07 Å². The average Bonchev–Trinajstić information content (AvgIpc) is 3.33. The van der Waals surface area contributed by atoms with E-state index < -0.39 is 0 Å². The summed E-state index contributed by atoms with van der Waals surface area (Å²) in [5, 5.41) is 7.18. The molecule has 0 atom stereocenters. The number of aromatic nitrogens is 4. The molecule has 27 heavy (non-hydrogen) atoms. The van der Waals surface area contributed by atoms with Crippen LogP contribution in [0.25, 0.3) is 11.5 Å². The molecule has 0 saturated heterocycles. The minimum absolute atomic E-state index is 0.325. The first-order valence-electron chi connectivity index (χ1n) is 8.34. The highest BCUT2D eigenvalue weighted by Crippen LogP contribution is 2.21. The molecule has 0 radical (unpaired) electrons. The second-order valence-corrected chi connectivity index (χ2v) is 5.98. The van der Waals surface area contributed by atoms with Gasteiger partial charge in [0.15, 0.2) is 5.82 Å². The summed E-state index contributed by atoms with van der Waals surface area (Å²) >= 11 is 0. The molecular formula is C20H16FN5O. The van der Waals surface area contributed by atoms with Crippen LogP contribution in [-0.4, -0.2) is 25.2 Å². The highest BCUT2D eigenvalue weighted by Gasteiger charge is 2.20. The lowest BCUT2D eigenvalue weighted by atomic mass is 10.2. The van der Waals surface area contributed by atoms with Gasteiger partial charge in [0.2, 0.25) is 0 Å². The van der Waals surface area contributed by atoms with Gasteiger partial charge in [-0.05, 0) is 55.0 Å². The second-order valence-electron chi connectivity index (χ2n) is 5.98. The third kappa shape index (κ3) is 3.22. The molecule has 7 heteroatoms. The van der Waals surface area contributed by atoms with Crippen LogP contribution in [-0.2, 0) is 0 Å². The maximum absolute atomic E-state index is 13.3. The summed E-state index contributed by atoms with van der Waals surface area (Å²) in [4.78, 5) is 17.1. The highest BCUT2D eigenvalue weighted by molar-refractivity contribution is 6.06. The van der Waals surface area contributed by atoms with E-state index in [9.17, 15) is 9.18 Å². The number of hydrogen-bond donors (Lipinski definition) is 1. The minimum atomic E-state index is -0.336. The molecule has 0 saturated carbocycles. The number of amides is 1. The summed E-state index contributed by atoms with van der Waals surface area (Å²) in [5.74, 6) is 0.388. The predicted octanol–water partition coefficient (Wildman–Crippen LogP) is 3.76. The van der Waals surface area contributed by atoms with E-state index in [1.54, 1.807) is 27.6 Å². The SMILES string of the molecule is Cc1cccnc1NC(=O)c1cnn(-c2ccc(F)cc2)c1-n1cccc1. The Labute approximate surface area is 154 Å². The molecule has 0 aliphatic rings. The lowest BCUT2D eigenvalue weighted by Crippen LogP contribution is -2.16. The third-order valence-corrected chi connectivity index (χ3v) is 4.15. The van der Waals surface area contributed by atoms with Gasteiger partial charge in [-0.3, -0.25) is 4.79 Å². The topological polar surface area (TPSA) is 64.7 Å². The Bertz CT molecular complexity index is 1080. The Balaban J connectivity index is 1.78. The summed E-state index contributed by atoms with van der Waals surface area (Å²) in [6.45, 7) is 1.87. The van der Waals surface area contributed by atoms with Crippen molar-refractivity contribution in [1.29, 1.82) is 0 Å². The largest absolute Gasteiger partial charge is 0.308 e. The first-order chi connectivity index (χ1) is 13.1. The van der Waals surface area contributed by atoms with E-state index in [1.807, 2.05) is 43.6 Å². The zero-order valence-corrected chi connectivity index (χ0v) is 14.5. The van der Waals surface area contributed by atoms with Gasteiger partial charge in [-0.2, -0.15) is 5.10 Å². The lowest BCUT2D eigenvalue weighted by Gasteiger charge is -2.11. The van der Waals surface area contributed by atoms with Crippen molar-refractivity contribution in [1.82, 2.24) is 19.3 Å². The van der Waals surface area contributed by atoms with Crippen LogP contribution >= 0.6 is 0 Å². The van der Waals surface area contributed by atoms with E-state index >= 15 is 0 Å². The van der Waals surface area contributed by atoms with E-state index in [2.05, 4.69) is 15.4 Å². The van der Waals surface area contributed by atoms with Gasteiger partial charge in [-0.15, -0.1) is 0 Å². The zero-order chi connectivity index (χ0) is 18.8. The number of aryl methyl sites for hydroxylation is 1. The monoisotopic (exact) mass is 361 g/mol. The van der Waals surface area contributed by atoms with Crippen LogP contribution in [0.4, 0.5) is 10.2 Å². The maximum Gasteiger partial charge on any atom is 0.262 e. The Morgan fingerprint density at radius 3 is 2.52 bits per heavy atom. The van der Waals surface area contributed by atoms with Crippen molar-refractivity contribution in [3.63, 3.8) is 0 Å². The fraction of sp³-hybridized carbons (Fsp3) is 0.0500. The molecule has 4 rings (SSSR count). The standard InChI is InChI=1S/C20H16FN5O/c1-14-5-4-10-22-18(14)24-19(27)17-13-23-26(16-8-6-15(21)7-9-16)20(17)25-11-2-3-12-25/h2-13H,1H3,(H,22,24,27). The van der Waals surface area contributed by atoms with E-state index in [-0.39, 0.29) is 11.7 Å². The molecule has 1 amide bonds. The number of hydrogen-bond acceptors (Lipinski definition) is 3. The molecule has 3 aromatic heterocycles. The molecule has 0 aliphatic heterocycles. The van der Waals surface area contributed by atoms with Crippen molar-refractivity contribution in [2.75, 3.05) is 5.32 Å². The predicted molar refractivity (Wildman–Crippen MR) is 99.8 cm³/mol. The van der Waals surface area contributed by atoms with Gasteiger partial charge in [0.05, 0.1) is 11.9 Å². The summed E-state index contributed by atoms with van der Waals surface area (Å²) in [6, 6.07) is 13.3. The molecular weight excluding hydrogens is 345 g/mol. The van der Waals surface area contributed by atoms with Crippen LogP contribution in [0.1, 0.15) is 15.9 Å². The van der Waals surface area contributed by atoms with Gasteiger partial charge in [0, 0.05) is 18.6 Å². The Morgan fingerprint density at radius 1 is 1.07 bits per heavy atom. The van der Waals surface area contributed by atoms with Gasteiger partial charge in [-0.25, -0.2) is 14.1 Å². The first kappa shape index (κ1) is 16.7. The van der Waals surface area contributed by atoms with Gasteiger partial charge in [0.25, 0.3) is 5.91 Å². The van der Waals surface area contributed by atoms with E-state index in [0.717, 1.165) is 5.56 Å². The van der Waals surface area contributed by atoms with Crippen LogP contribution in [0.5, 0.6) is 0 Å². The van der Waals surface area contributed by atoms with Crippen LogP contribution in [0.2, 0.25) is 0 Å². The summed E-state index contributed by atoms with van der Waals surface area (Å²) in [5.41, 5.74) is 1.88. The fourth-order valence-electron chi connectivity index (χ4n) is 2.79. The number of nitrogens with zero attached hydrogens (tertiary/aromatic N) is 4. The summed E-state index contributed by atoms with van der Waals surface area (Å²) in [7, 11) is 0. The molecule has 6 nitrogen and oxygen atoms in total. The van der Waals surface area contributed by atoms with Gasteiger partial charge >= 0.3 is 0 Å². The molecule has 1 N–H and O–H groups in total. The number of halogens is 1. The zero-order valence-electron chi connectivity index (χ0n) is 14.5. The first-order valence-corrected chi connectivity index (χ1v) is 8.34. The molecule has 1 aromatic carbocycles. The molecule has 3 heterocycles. The van der Waals surface area contributed by atoms with Crippen molar-refractivity contribution >= 4 is 11.7 Å². The Hall–Kier alpha value is -3.74. The van der Waals surface area contributed by atoms with Crippen molar-refractivity contribution in [3.8, 4) is 11.5 Å². The molecule has 134 valence electrons. The Kier molecular flexibility index (Phi) is 4.25. The number of carbonyl (C=O) groups is 1. The quantitative estimate of drug-likeness (QED) is 0.602. The number of nitrogens with one attached hydrogen (secondary N) is 1. The fourth-order valence-corrected chi connectivity index (χ4v) is 2.79. The second kappa shape index (κ2) is 6.87. The third-order valence-electron chi connectivity index (χ3n) is 4.15. The van der Waals surface area contributed by atoms with E-state index in [4.69, 9.17) is 0 Å². The van der Waals surface area contributed by atoms with Crippen LogP contribution in [0.15, 0.2) is 73.3 Å². The lowest BCUT2D eigenvalue weighted by molar-refractivity contribution is 0.102. The molecule has 0 fully saturated rings. The molecule has 0 bridgehead atoms. The number of carbonyl (C=O) groups excluding carboxylic acids is 1. The minimum Gasteiger partial charge on any atom is -0.308 e. The highest BCUT2D eigenvalue weighted by atomic mass is 19.1. The molecule has 0 aliphatic carbocycles. The van der Waals surface area contributed by atoms with E-state index in [1.165, 1.54) is 18.3 Å². The average molecular weight is 361 g/mol. The van der Waals surface area contributed by atoms with E-state index in [0.29, 0.717) is 22.9 Å². The number of anilines is 1. The summed E-state index contributed by atoms with van der Waals surface area (Å²) in [6.07, 6.45) is 6.75. The van der Waals surface area contributed by atoms with Gasteiger partial charge in [0.1, 0.15) is 17.2 Å². The van der Waals surface area contributed by atoms with Crippen LogP contribution < -0.4 is 5.32 Å². The number of rotatable bonds is 4. The van der Waals surface area contributed by atoms with Crippen LogP contribution in [0, 0.1) is 12.7 Å². The van der Waals surface area contributed by atoms with Crippen molar-refractivity contribution < 1.29 is 9.18 Å². The van der Waals surface area contributed by atoms with Crippen molar-refractivity contribution in [2.45, 2.75) is 6.92 Å². The van der Waals surface area contributed by atoms with Gasteiger partial charge < -0.3 is 9.88 Å². The normalized spacial score (nSPS) is 10.7. The Morgan fingerprint density at radius 2 is 1.81 bits per heavy atom. The van der Waals surface area contributed by atoms with Crippen molar-refractivity contribution in [3.05, 3.63) is 90.3 Å². The molecule has 4 aromatic rings. The molecule has 0 unspecified atom stereocenters. The molecule has 0 spiro atoms. The smallest absolute Gasteiger partial charge is 0.262 e. The van der Waals surface area contributed by atoms with Crippen molar-refractivity contribution in [2.24, 2.45) is 0 Å². The maximum atomic E-state index is 13.3. The van der Waals surface area contributed by atoms with Crippen LogP contribution in [0.3, 0.4) is 0 Å². The summed E-state index contributed by atoms with van der Waals surface area (Å²) < 4.78 is 16.7.